The lowest BCUT2D eigenvalue weighted by molar-refractivity contribution is -0.114. The van der Waals surface area contributed by atoms with Gasteiger partial charge in [-0.25, -0.2) is 8.42 Å². The molecule has 1 aliphatic rings. The Hall–Kier alpha value is -2.02. The first-order valence-corrected chi connectivity index (χ1v) is 12.0. The number of benzene rings is 3. The molecule has 1 amide bonds. The highest BCUT2D eigenvalue weighted by atomic mass is 35.5. The van der Waals surface area contributed by atoms with Crippen LogP contribution in [-0.4, -0.2) is 14.3 Å². The third kappa shape index (κ3) is 4.21. The number of hydrogen-bond acceptors (Lipinski definition) is 3. The maximum atomic E-state index is 13.6. The molecule has 1 atom stereocenters. The second kappa shape index (κ2) is 8.49. The van der Waals surface area contributed by atoms with E-state index < -0.39 is 21.1 Å². The van der Waals surface area contributed by atoms with E-state index in [1.807, 2.05) is 0 Å². The van der Waals surface area contributed by atoms with Crippen LogP contribution in [0, 0.1) is 0 Å². The van der Waals surface area contributed by atoms with Crippen LogP contribution in [0.25, 0.3) is 6.08 Å². The molecule has 0 aromatic heterocycles. The average Bonchev–Trinajstić information content (AvgIpc) is 2.91. The van der Waals surface area contributed by atoms with Crippen LogP contribution >= 0.6 is 46.4 Å². The number of nitrogens with zero attached hydrogens (tertiary/aromatic N) is 1. The minimum Gasteiger partial charge on any atom is -0.286 e. The van der Waals surface area contributed by atoms with Gasteiger partial charge in [-0.15, -0.1) is 0 Å². The van der Waals surface area contributed by atoms with Gasteiger partial charge in [-0.05, 0) is 65.7 Å². The summed E-state index contributed by atoms with van der Waals surface area (Å²) < 4.78 is 27.1. The molecule has 1 fully saturated rings. The molecule has 3 aromatic carbocycles. The van der Waals surface area contributed by atoms with Gasteiger partial charge >= 0.3 is 0 Å². The molecule has 0 N–H and O–H groups in total. The smallest absolute Gasteiger partial charge is 0.271 e. The van der Waals surface area contributed by atoms with Crippen molar-refractivity contribution in [2.24, 2.45) is 0 Å². The van der Waals surface area contributed by atoms with Crippen LogP contribution in [0.5, 0.6) is 0 Å². The molecule has 3 aromatic rings. The molecule has 31 heavy (non-hydrogen) atoms. The zero-order valence-corrected chi connectivity index (χ0v) is 19.4. The summed E-state index contributed by atoms with van der Waals surface area (Å²) in [5.74, 6) is -0.673. The molecule has 0 aliphatic carbocycles. The number of amides is 1. The molecular weight excluding hydrogens is 500 g/mol. The van der Waals surface area contributed by atoms with Crippen LogP contribution in [0.2, 0.25) is 20.1 Å². The molecule has 158 valence electrons. The number of carbonyl (C=O) groups excluding carboxylic acids is 1. The van der Waals surface area contributed by atoms with Crippen LogP contribution in [-0.2, 0) is 14.6 Å². The Morgan fingerprint density at radius 3 is 1.90 bits per heavy atom. The standard InChI is InChI=1S/C22H13Cl4NO3S/c23-15-4-1-13(2-5-15)22-27(18-9-7-16(24)8-10-18)21(28)20(31(22,29)30)11-14-3-6-17(25)12-19(14)26/h1-12,22H/b20-11+/t22-/m1/s1. The fourth-order valence-corrected chi connectivity index (χ4v) is 5.92. The predicted octanol–water partition coefficient (Wildman–Crippen LogP) is 6.80. The highest BCUT2D eigenvalue weighted by Crippen LogP contribution is 2.44. The summed E-state index contributed by atoms with van der Waals surface area (Å²) in [5.41, 5.74) is 1.16. The summed E-state index contributed by atoms with van der Waals surface area (Å²) in [6.45, 7) is 0. The van der Waals surface area contributed by atoms with Crippen molar-refractivity contribution in [1.82, 2.24) is 0 Å². The van der Waals surface area contributed by atoms with Gasteiger partial charge in [0.2, 0.25) is 9.84 Å². The van der Waals surface area contributed by atoms with Crippen molar-refractivity contribution in [2.75, 3.05) is 4.90 Å². The molecule has 4 nitrogen and oxygen atoms in total. The summed E-state index contributed by atoms with van der Waals surface area (Å²) in [4.78, 5) is 14.2. The summed E-state index contributed by atoms with van der Waals surface area (Å²) in [6, 6.07) is 17.3. The zero-order valence-electron chi connectivity index (χ0n) is 15.6. The Bertz CT molecular complexity index is 1300. The first kappa shape index (κ1) is 22.2. The van der Waals surface area contributed by atoms with Crippen molar-refractivity contribution in [3.05, 3.63) is 103 Å². The van der Waals surface area contributed by atoms with Crippen LogP contribution < -0.4 is 4.90 Å². The van der Waals surface area contributed by atoms with Crippen LogP contribution in [0.1, 0.15) is 16.5 Å². The average molecular weight is 513 g/mol. The molecule has 4 rings (SSSR count). The van der Waals surface area contributed by atoms with E-state index in [0.29, 0.717) is 31.9 Å². The van der Waals surface area contributed by atoms with Crippen molar-refractivity contribution in [1.29, 1.82) is 0 Å². The van der Waals surface area contributed by atoms with Crippen LogP contribution in [0.4, 0.5) is 5.69 Å². The van der Waals surface area contributed by atoms with E-state index in [4.69, 9.17) is 46.4 Å². The van der Waals surface area contributed by atoms with E-state index in [2.05, 4.69) is 0 Å². The van der Waals surface area contributed by atoms with Crippen molar-refractivity contribution in [3.63, 3.8) is 0 Å². The fraction of sp³-hybridized carbons (Fsp3) is 0.0455. The quantitative estimate of drug-likeness (QED) is 0.362. The highest BCUT2D eigenvalue weighted by Gasteiger charge is 2.50. The van der Waals surface area contributed by atoms with Gasteiger partial charge in [-0.1, -0.05) is 64.6 Å². The van der Waals surface area contributed by atoms with E-state index in [9.17, 15) is 13.2 Å². The second-order valence-corrected chi connectivity index (χ2v) is 10.5. The zero-order chi connectivity index (χ0) is 22.3. The Labute approximate surface area is 199 Å². The number of rotatable bonds is 3. The maximum Gasteiger partial charge on any atom is 0.271 e. The number of halogens is 4. The van der Waals surface area contributed by atoms with Gasteiger partial charge in [0.05, 0.1) is 0 Å². The van der Waals surface area contributed by atoms with Gasteiger partial charge in [0.1, 0.15) is 4.91 Å². The minimum absolute atomic E-state index is 0.232. The second-order valence-electron chi connectivity index (χ2n) is 6.77. The van der Waals surface area contributed by atoms with Crippen molar-refractivity contribution in [2.45, 2.75) is 5.37 Å². The molecule has 9 heteroatoms. The normalized spacial score (nSPS) is 19.2. The van der Waals surface area contributed by atoms with Crippen molar-refractivity contribution in [3.8, 4) is 0 Å². The predicted molar refractivity (Wildman–Crippen MR) is 126 cm³/mol. The highest BCUT2D eigenvalue weighted by molar-refractivity contribution is 7.97. The molecule has 0 radical (unpaired) electrons. The molecule has 1 saturated heterocycles. The van der Waals surface area contributed by atoms with E-state index in [0.717, 1.165) is 0 Å². The molecule has 1 heterocycles. The van der Waals surface area contributed by atoms with E-state index in [-0.39, 0.29) is 9.93 Å². The Balaban J connectivity index is 1.92. The number of anilines is 1. The lowest BCUT2D eigenvalue weighted by Crippen LogP contribution is -2.28. The van der Waals surface area contributed by atoms with E-state index in [1.165, 1.54) is 17.0 Å². The molecule has 0 spiro atoms. The summed E-state index contributed by atoms with van der Waals surface area (Å²) >= 11 is 24.1. The lowest BCUT2D eigenvalue weighted by atomic mass is 10.1. The lowest BCUT2D eigenvalue weighted by Gasteiger charge is -2.23. The molecule has 0 unspecified atom stereocenters. The molecule has 1 aliphatic heterocycles. The minimum atomic E-state index is -4.11. The first-order chi connectivity index (χ1) is 14.7. The number of carbonyl (C=O) groups is 1. The summed E-state index contributed by atoms with van der Waals surface area (Å²) in [6.07, 6.45) is 1.27. The van der Waals surface area contributed by atoms with Gasteiger partial charge in [-0.3, -0.25) is 9.69 Å². The summed E-state index contributed by atoms with van der Waals surface area (Å²) in [7, 11) is -4.11. The third-order valence-electron chi connectivity index (χ3n) is 4.77. The summed E-state index contributed by atoms with van der Waals surface area (Å²) in [5, 5.41) is 0.276. The van der Waals surface area contributed by atoms with Gasteiger partial charge in [0, 0.05) is 25.8 Å². The van der Waals surface area contributed by atoms with Crippen molar-refractivity contribution < 1.29 is 13.2 Å². The molecular formula is C22H13Cl4NO3S. The maximum absolute atomic E-state index is 13.6. The Morgan fingerprint density at radius 1 is 0.774 bits per heavy atom. The molecule has 0 saturated carbocycles. The van der Waals surface area contributed by atoms with Gasteiger partial charge in [0.15, 0.2) is 5.37 Å². The number of hydrogen-bond donors (Lipinski definition) is 0. The van der Waals surface area contributed by atoms with Gasteiger partial charge < -0.3 is 0 Å². The van der Waals surface area contributed by atoms with Crippen LogP contribution in [0.3, 0.4) is 0 Å². The van der Waals surface area contributed by atoms with E-state index in [1.54, 1.807) is 60.7 Å². The topological polar surface area (TPSA) is 54.5 Å². The SMILES string of the molecule is O=C1/C(=C\c2ccc(Cl)cc2Cl)S(=O)(=O)[C@H](c2ccc(Cl)cc2)N1c1ccc(Cl)cc1. The van der Waals surface area contributed by atoms with Gasteiger partial charge in [0.25, 0.3) is 5.91 Å². The third-order valence-corrected chi connectivity index (χ3v) is 7.82. The van der Waals surface area contributed by atoms with Crippen LogP contribution in [0.15, 0.2) is 71.6 Å². The fourth-order valence-electron chi connectivity index (χ4n) is 3.32. The first-order valence-electron chi connectivity index (χ1n) is 8.94. The monoisotopic (exact) mass is 511 g/mol. The molecule has 0 bridgehead atoms. The number of sulfone groups is 1. The Kier molecular flexibility index (Phi) is 6.08. The largest absolute Gasteiger partial charge is 0.286 e. The van der Waals surface area contributed by atoms with Crippen molar-refractivity contribution >= 4 is 73.9 Å². The Morgan fingerprint density at radius 2 is 1.32 bits per heavy atom. The van der Waals surface area contributed by atoms with E-state index >= 15 is 0 Å². The van der Waals surface area contributed by atoms with Gasteiger partial charge in [-0.2, -0.15) is 0 Å².